The molecule has 0 unspecified atom stereocenters. The van der Waals surface area contributed by atoms with Crippen LogP contribution >= 0.6 is 0 Å². The number of hydrogen-bond donors (Lipinski definition) is 0. The molecule has 1 saturated heterocycles. The van der Waals surface area contributed by atoms with Gasteiger partial charge < -0.3 is 9.47 Å². The van der Waals surface area contributed by atoms with E-state index in [2.05, 4.69) is 29.3 Å². The molecule has 2 aromatic rings. The Morgan fingerprint density at radius 1 is 1.21 bits per heavy atom. The lowest BCUT2D eigenvalue weighted by Gasteiger charge is -2.36. The highest BCUT2D eigenvalue weighted by Gasteiger charge is 2.31. The maximum absolute atomic E-state index is 13.1. The number of hydrogen-bond acceptors (Lipinski definition) is 4. The van der Waals surface area contributed by atoms with Crippen LogP contribution < -0.4 is 0 Å². The van der Waals surface area contributed by atoms with Crippen molar-refractivity contribution in [3.8, 4) is 0 Å². The minimum absolute atomic E-state index is 0.188. The molecule has 0 N–H and O–H groups in total. The van der Waals surface area contributed by atoms with E-state index < -0.39 is 0 Å². The molecule has 1 fully saturated rings. The van der Waals surface area contributed by atoms with Crippen molar-refractivity contribution in [2.45, 2.75) is 31.8 Å². The molecule has 1 aliphatic heterocycles. The summed E-state index contributed by atoms with van der Waals surface area (Å²) in [6, 6.07) is 8.39. The molecular weight excluding hydrogens is 302 g/mol. The maximum atomic E-state index is 13.1. The van der Waals surface area contributed by atoms with Gasteiger partial charge in [-0.2, -0.15) is 0 Å². The molecule has 0 spiro atoms. The zero-order valence-corrected chi connectivity index (χ0v) is 14.6. The lowest BCUT2D eigenvalue weighted by atomic mass is 9.99. The first-order valence-electron chi connectivity index (χ1n) is 8.42. The molecule has 1 atom stereocenters. The van der Waals surface area contributed by atoms with E-state index in [1.165, 1.54) is 5.56 Å². The first kappa shape index (κ1) is 16.6. The minimum Gasteiger partial charge on any atom is -0.341 e. The van der Waals surface area contributed by atoms with E-state index in [4.69, 9.17) is 0 Å². The minimum atomic E-state index is -0.226. The maximum Gasteiger partial charge on any atom is 0.244 e. The molecule has 24 heavy (non-hydrogen) atoms. The second kappa shape index (κ2) is 7.13. The van der Waals surface area contributed by atoms with Gasteiger partial charge in [-0.3, -0.25) is 9.69 Å². The number of rotatable bonds is 4. The highest BCUT2D eigenvalue weighted by atomic mass is 16.2. The predicted molar refractivity (Wildman–Crippen MR) is 92.5 cm³/mol. The zero-order chi connectivity index (χ0) is 17.1. The van der Waals surface area contributed by atoms with Crippen LogP contribution in [0.4, 0.5) is 0 Å². The van der Waals surface area contributed by atoms with Crippen LogP contribution in [0.15, 0.2) is 36.9 Å². The molecule has 2 heterocycles. The van der Waals surface area contributed by atoms with E-state index in [9.17, 15) is 4.79 Å². The Kier molecular flexibility index (Phi) is 4.94. The number of benzene rings is 1. The Balaban J connectivity index is 1.70. The number of nitrogens with zero attached hydrogens (tertiary/aromatic N) is 5. The summed E-state index contributed by atoms with van der Waals surface area (Å²) in [6.45, 7) is 3.61. The van der Waals surface area contributed by atoms with Gasteiger partial charge in [0.25, 0.3) is 0 Å². The van der Waals surface area contributed by atoms with Crippen molar-refractivity contribution in [1.29, 1.82) is 0 Å². The Bertz CT molecular complexity index is 674. The molecule has 0 saturated carbocycles. The van der Waals surface area contributed by atoms with Crippen molar-refractivity contribution in [1.82, 2.24) is 24.6 Å². The number of likely N-dealkylation sites (N-methyl/N-ethyl adjacent to an activating group) is 1. The number of carbonyl (C=O) groups excluding carboxylic acids is 1. The Morgan fingerprint density at radius 2 is 1.88 bits per heavy atom. The number of aromatic nitrogens is 3. The second-order valence-electron chi connectivity index (χ2n) is 6.75. The summed E-state index contributed by atoms with van der Waals surface area (Å²) in [4.78, 5) is 17.1. The van der Waals surface area contributed by atoms with Crippen LogP contribution in [0.25, 0.3) is 0 Å². The number of amides is 1. The van der Waals surface area contributed by atoms with Crippen molar-refractivity contribution < 1.29 is 4.79 Å². The number of aryl methyl sites for hydroxylation is 1. The molecule has 6 nitrogen and oxygen atoms in total. The third kappa shape index (κ3) is 3.48. The molecule has 6 heteroatoms. The monoisotopic (exact) mass is 327 g/mol. The first-order valence-corrected chi connectivity index (χ1v) is 8.42. The summed E-state index contributed by atoms with van der Waals surface area (Å²) < 4.78 is 2.05. The van der Waals surface area contributed by atoms with Crippen molar-refractivity contribution in [3.63, 3.8) is 0 Å². The van der Waals surface area contributed by atoms with Gasteiger partial charge >= 0.3 is 0 Å². The third-order valence-electron chi connectivity index (χ3n) is 4.74. The van der Waals surface area contributed by atoms with Gasteiger partial charge in [-0.05, 0) is 39.4 Å². The molecule has 1 aromatic heterocycles. The first-order chi connectivity index (χ1) is 11.6. The fourth-order valence-corrected chi connectivity index (χ4v) is 3.46. The number of piperidine rings is 1. The van der Waals surface area contributed by atoms with E-state index in [0.717, 1.165) is 31.5 Å². The zero-order valence-electron chi connectivity index (χ0n) is 14.6. The van der Waals surface area contributed by atoms with Gasteiger partial charge in [-0.1, -0.05) is 29.8 Å². The van der Waals surface area contributed by atoms with Gasteiger partial charge in [0, 0.05) is 19.1 Å². The average Bonchev–Trinajstić information content (AvgIpc) is 3.09. The molecule has 1 amide bonds. The van der Waals surface area contributed by atoms with Crippen molar-refractivity contribution in [3.05, 3.63) is 48.0 Å². The van der Waals surface area contributed by atoms with Crippen LogP contribution in [0.5, 0.6) is 0 Å². The number of likely N-dealkylation sites (tertiary alicyclic amines) is 1. The van der Waals surface area contributed by atoms with Gasteiger partial charge in [0.05, 0.1) is 0 Å². The summed E-state index contributed by atoms with van der Waals surface area (Å²) in [5, 5.41) is 7.75. The summed E-state index contributed by atoms with van der Waals surface area (Å²) in [7, 11) is 3.93. The summed E-state index contributed by atoms with van der Waals surface area (Å²) >= 11 is 0. The molecule has 0 aliphatic carbocycles. The lowest BCUT2D eigenvalue weighted by molar-refractivity contribution is -0.137. The lowest BCUT2D eigenvalue weighted by Crippen LogP contribution is -2.44. The molecule has 128 valence electrons. The fourth-order valence-electron chi connectivity index (χ4n) is 3.46. The van der Waals surface area contributed by atoms with Crippen molar-refractivity contribution >= 4 is 5.91 Å². The predicted octanol–water partition coefficient (Wildman–Crippen LogP) is 2.05. The second-order valence-corrected chi connectivity index (χ2v) is 6.75. The Hall–Kier alpha value is -2.21. The normalized spacial score (nSPS) is 17.2. The van der Waals surface area contributed by atoms with E-state index in [-0.39, 0.29) is 11.9 Å². The van der Waals surface area contributed by atoms with Crippen LogP contribution in [-0.2, 0) is 4.79 Å². The Morgan fingerprint density at radius 3 is 2.46 bits per heavy atom. The van der Waals surface area contributed by atoms with Gasteiger partial charge in [-0.15, -0.1) is 10.2 Å². The van der Waals surface area contributed by atoms with Crippen LogP contribution in [0.3, 0.4) is 0 Å². The standard InChI is InChI=1S/C18H25N5O/c1-14-5-4-6-15(11-14)17(21(2)3)18(24)22-9-7-16(8-10-22)23-12-19-20-13-23/h4-6,11-13,16-17H,7-10H2,1-3H3/t17-/m0/s1. The molecule has 1 aliphatic rings. The summed E-state index contributed by atoms with van der Waals surface area (Å²) in [5.74, 6) is 0.188. The molecule has 1 aromatic carbocycles. The van der Waals surface area contributed by atoms with Gasteiger partial charge in [-0.25, -0.2) is 0 Å². The highest BCUT2D eigenvalue weighted by molar-refractivity contribution is 5.83. The largest absolute Gasteiger partial charge is 0.341 e. The van der Waals surface area contributed by atoms with Crippen molar-refractivity contribution in [2.75, 3.05) is 27.2 Å². The van der Waals surface area contributed by atoms with Gasteiger partial charge in [0.2, 0.25) is 5.91 Å². The topological polar surface area (TPSA) is 54.3 Å². The van der Waals surface area contributed by atoms with E-state index in [1.54, 1.807) is 12.7 Å². The summed E-state index contributed by atoms with van der Waals surface area (Å²) in [5.41, 5.74) is 2.24. The van der Waals surface area contributed by atoms with E-state index >= 15 is 0 Å². The van der Waals surface area contributed by atoms with Gasteiger partial charge in [0.15, 0.2) is 0 Å². The van der Waals surface area contributed by atoms with Gasteiger partial charge in [0.1, 0.15) is 18.7 Å². The van der Waals surface area contributed by atoms with E-state index in [1.807, 2.05) is 40.6 Å². The number of carbonyl (C=O) groups is 1. The van der Waals surface area contributed by atoms with E-state index in [0.29, 0.717) is 6.04 Å². The van der Waals surface area contributed by atoms with Crippen molar-refractivity contribution in [2.24, 2.45) is 0 Å². The SMILES string of the molecule is Cc1cccc([C@@H](C(=O)N2CCC(n3cnnc3)CC2)N(C)C)c1. The quantitative estimate of drug-likeness (QED) is 0.862. The Labute approximate surface area is 143 Å². The highest BCUT2D eigenvalue weighted by Crippen LogP contribution is 2.27. The van der Waals surface area contributed by atoms with Crippen LogP contribution in [0.2, 0.25) is 0 Å². The van der Waals surface area contributed by atoms with Crippen LogP contribution in [0, 0.1) is 6.92 Å². The fraction of sp³-hybridized carbons (Fsp3) is 0.500. The third-order valence-corrected chi connectivity index (χ3v) is 4.74. The van der Waals surface area contributed by atoms with Crippen LogP contribution in [0.1, 0.15) is 36.1 Å². The summed E-state index contributed by atoms with van der Waals surface area (Å²) in [6.07, 6.45) is 5.41. The average molecular weight is 327 g/mol. The molecular formula is C18H25N5O. The molecule has 3 rings (SSSR count). The molecule has 0 radical (unpaired) electrons. The molecule has 0 bridgehead atoms. The van der Waals surface area contributed by atoms with Crippen LogP contribution in [-0.4, -0.2) is 57.7 Å². The smallest absolute Gasteiger partial charge is 0.244 e.